The van der Waals surface area contributed by atoms with Gasteiger partial charge in [0.2, 0.25) is 0 Å². The number of hydrogen-bond donors (Lipinski definition) is 0. The summed E-state index contributed by atoms with van der Waals surface area (Å²) in [6.45, 7) is 6.80. The maximum atomic E-state index is 6.18. The number of alkyl halides is 1. The summed E-state index contributed by atoms with van der Waals surface area (Å²) >= 11 is 3.76. The predicted molar refractivity (Wildman–Crippen MR) is 68.5 cm³/mol. The molecule has 0 aromatic rings. The third-order valence-corrected chi connectivity index (χ3v) is 4.36. The topological polar surface area (TPSA) is 9.23 Å². The Morgan fingerprint density at radius 1 is 1.14 bits per heavy atom. The van der Waals surface area contributed by atoms with Crippen LogP contribution in [-0.4, -0.2) is 19.2 Å². The van der Waals surface area contributed by atoms with Crippen LogP contribution in [0.4, 0.5) is 0 Å². The Bertz CT molecular complexity index is 198. The van der Waals surface area contributed by atoms with Gasteiger partial charge >= 0.3 is 0 Å². The van der Waals surface area contributed by atoms with Crippen LogP contribution < -0.4 is 0 Å². The first-order valence-electron chi connectivity index (χ1n) is 5.46. The Morgan fingerprint density at radius 3 is 2.29 bits per heavy atom. The zero-order valence-corrected chi connectivity index (χ0v) is 12.0. The molecular weight excluding hydrogens is 256 g/mol. The van der Waals surface area contributed by atoms with Crippen molar-refractivity contribution in [2.24, 2.45) is 0 Å². The first-order valence-corrected chi connectivity index (χ1v) is 9.78. The highest BCUT2D eigenvalue weighted by molar-refractivity contribution is 9.09. The normalized spacial score (nSPS) is 32.0. The molecule has 0 N–H and O–H groups in total. The Labute approximate surface area is 97.2 Å². The summed E-state index contributed by atoms with van der Waals surface area (Å²) in [5.74, 6) is 0. The van der Waals surface area contributed by atoms with E-state index in [-0.39, 0.29) is 0 Å². The van der Waals surface area contributed by atoms with Crippen molar-refractivity contribution < 1.29 is 4.43 Å². The van der Waals surface area contributed by atoms with Crippen molar-refractivity contribution in [3.63, 3.8) is 0 Å². The van der Waals surface area contributed by atoms with Gasteiger partial charge < -0.3 is 4.43 Å². The van der Waals surface area contributed by atoms with Crippen molar-refractivity contribution in [3.05, 3.63) is 12.2 Å². The van der Waals surface area contributed by atoms with Gasteiger partial charge in [0.05, 0.1) is 6.10 Å². The standard InChI is InChI=1S/C11H21BrOSi/c1-14(2,3)13-11-9-7-5-4-6-8-10(11)12/h4-5,10-11H,6-9H2,1-3H3/b5-4-/t10-,11-/m1/s1. The van der Waals surface area contributed by atoms with Crippen LogP contribution in [0.5, 0.6) is 0 Å². The molecule has 0 saturated carbocycles. The maximum absolute atomic E-state index is 6.18. The van der Waals surface area contributed by atoms with Crippen molar-refractivity contribution in [1.82, 2.24) is 0 Å². The zero-order chi connectivity index (χ0) is 10.6. The van der Waals surface area contributed by atoms with Crippen LogP contribution in [-0.2, 0) is 4.43 Å². The first-order chi connectivity index (χ1) is 6.49. The van der Waals surface area contributed by atoms with Gasteiger partial charge in [0.25, 0.3) is 0 Å². The lowest BCUT2D eigenvalue weighted by atomic mass is 10.0. The van der Waals surface area contributed by atoms with E-state index in [0.717, 1.165) is 12.8 Å². The van der Waals surface area contributed by atoms with E-state index >= 15 is 0 Å². The third kappa shape index (κ3) is 4.76. The van der Waals surface area contributed by atoms with Gasteiger partial charge in [0, 0.05) is 4.83 Å². The second kappa shape index (κ2) is 5.47. The highest BCUT2D eigenvalue weighted by Gasteiger charge is 2.26. The van der Waals surface area contributed by atoms with E-state index in [2.05, 4.69) is 47.7 Å². The molecule has 0 unspecified atom stereocenters. The summed E-state index contributed by atoms with van der Waals surface area (Å²) in [7, 11) is -1.38. The minimum absolute atomic E-state index is 0.423. The summed E-state index contributed by atoms with van der Waals surface area (Å²) in [6, 6.07) is 0. The van der Waals surface area contributed by atoms with Crippen molar-refractivity contribution in [2.75, 3.05) is 0 Å². The van der Waals surface area contributed by atoms with Crippen molar-refractivity contribution in [1.29, 1.82) is 0 Å². The molecule has 1 aliphatic rings. The lowest BCUT2D eigenvalue weighted by Crippen LogP contribution is -2.37. The van der Waals surface area contributed by atoms with Crippen molar-refractivity contribution in [3.8, 4) is 0 Å². The van der Waals surface area contributed by atoms with Crippen LogP contribution in [0.25, 0.3) is 0 Å². The monoisotopic (exact) mass is 276 g/mol. The minimum atomic E-state index is -1.38. The van der Waals surface area contributed by atoms with Crippen LogP contribution in [0.1, 0.15) is 25.7 Å². The van der Waals surface area contributed by atoms with Gasteiger partial charge in [-0.05, 0) is 45.3 Å². The van der Waals surface area contributed by atoms with E-state index in [1.54, 1.807) is 0 Å². The minimum Gasteiger partial charge on any atom is -0.414 e. The lowest BCUT2D eigenvalue weighted by molar-refractivity contribution is 0.179. The second-order valence-electron chi connectivity index (χ2n) is 4.91. The molecular formula is C11H21BrOSi. The van der Waals surface area contributed by atoms with Crippen LogP contribution in [0.15, 0.2) is 12.2 Å². The van der Waals surface area contributed by atoms with Crippen LogP contribution in [0.3, 0.4) is 0 Å². The summed E-state index contributed by atoms with van der Waals surface area (Å²) < 4.78 is 6.18. The lowest BCUT2D eigenvalue weighted by Gasteiger charge is -2.30. The highest BCUT2D eigenvalue weighted by atomic mass is 79.9. The fourth-order valence-electron chi connectivity index (χ4n) is 1.71. The molecule has 82 valence electrons. The highest BCUT2D eigenvalue weighted by Crippen LogP contribution is 2.25. The average molecular weight is 277 g/mol. The molecule has 0 spiro atoms. The Balaban J connectivity index is 2.51. The predicted octanol–water partition coefficient (Wildman–Crippen LogP) is 4.10. The smallest absolute Gasteiger partial charge is 0.184 e. The second-order valence-corrected chi connectivity index (χ2v) is 10.5. The van der Waals surface area contributed by atoms with E-state index in [1.165, 1.54) is 12.8 Å². The Morgan fingerprint density at radius 2 is 1.71 bits per heavy atom. The molecule has 1 aliphatic carbocycles. The molecule has 2 atom stereocenters. The van der Waals surface area contributed by atoms with Gasteiger partial charge in [-0.1, -0.05) is 28.1 Å². The number of rotatable bonds is 2. The van der Waals surface area contributed by atoms with E-state index in [4.69, 9.17) is 4.43 Å². The van der Waals surface area contributed by atoms with Gasteiger partial charge in [0.1, 0.15) is 0 Å². The van der Waals surface area contributed by atoms with Gasteiger partial charge in [0.15, 0.2) is 8.32 Å². The summed E-state index contributed by atoms with van der Waals surface area (Å²) in [6.07, 6.45) is 9.71. The first kappa shape index (κ1) is 12.5. The molecule has 0 amide bonds. The molecule has 3 heteroatoms. The van der Waals surface area contributed by atoms with Crippen molar-refractivity contribution in [2.45, 2.75) is 56.3 Å². The van der Waals surface area contributed by atoms with E-state index < -0.39 is 8.32 Å². The number of halogens is 1. The van der Waals surface area contributed by atoms with Gasteiger partial charge in [-0.3, -0.25) is 0 Å². The fourth-order valence-corrected chi connectivity index (χ4v) is 3.73. The molecule has 1 nitrogen and oxygen atoms in total. The largest absolute Gasteiger partial charge is 0.414 e. The fraction of sp³-hybridized carbons (Fsp3) is 0.818. The van der Waals surface area contributed by atoms with E-state index in [1.807, 2.05) is 0 Å². The SMILES string of the molecule is C[Si](C)(C)O[C@@H]1CC/C=C\CC[C@H]1Br. The summed E-state index contributed by atoms with van der Waals surface area (Å²) in [4.78, 5) is 0.541. The number of hydrogen-bond acceptors (Lipinski definition) is 1. The van der Waals surface area contributed by atoms with Gasteiger partial charge in [-0.25, -0.2) is 0 Å². The molecule has 0 heterocycles. The summed E-state index contributed by atoms with van der Waals surface area (Å²) in [5.41, 5.74) is 0. The van der Waals surface area contributed by atoms with Crippen LogP contribution >= 0.6 is 15.9 Å². The Kier molecular flexibility index (Phi) is 4.87. The molecule has 14 heavy (non-hydrogen) atoms. The molecule has 1 rings (SSSR count). The average Bonchev–Trinajstić information content (AvgIpc) is 2.03. The molecule has 0 fully saturated rings. The molecule has 0 aliphatic heterocycles. The van der Waals surface area contributed by atoms with Gasteiger partial charge in [-0.15, -0.1) is 0 Å². The quantitative estimate of drug-likeness (QED) is 0.419. The van der Waals surface area contributed by atoms with Crippen LogP contribution in [0.2, 0.25) is 19.6 Å². The molecule has 0 saturated heterocycles. The van der Waals surface area contributed by atoms with Gasteiger partial charge in [-0.2, -0.15) is 0 Å². The molecule has 0 aromatic heterocycles. The maximum Gasteiger partial charge on any atom is 0.184 e. The number of allylic oxidation sites excluding steroid dienone is 2. The van der Waals surface area contributed by atoms with E-state index in [0.29, 0.717) is 10.9 Å². The summed E-state index contributed by atoms with van der Waals surface area (Å²) in [5, 5.41) is 0. The molecule has 0 radical (unpaired) electrons. The van der Waals surface area contributed by atoms with Crippen molar-refractivity contribution >= 4 is 24.2 Å². The third-order valence-electron chi connectivity index (χ3n) is 2.30. The van der Waals surface area contributed by atoms with Crippen LogP contribution in [0, 0.1) is 0 Å². The molecule has 0 bridgehead atoms. The molecule has 0 aromatic carbocycles. The zero-order valence-electron chi connectivity index (χ0n) is 9.42. The van der Waals surface area contributed by atoms with E-state index in [9.17, 15) is 0 Å². The Hall–Kier alpha value is 0.397.